The van der Waals surface area contributed by atoms with Crippen molar-refractivity contribution in [1.82, 2.24) is 9.88 Å². The molecule has 178 valence electrons. The summed E-state index contributed by atoms with van der Waals surface area (Å²) in [5, 5.41) is 9.72. The quantitative estimate of drug-likeness (QED) is 0.374. The largest absolute Gasteiger partial charge is 0.472 e. The third-order valence-corrected chi connectivity index (χ3v) is 7.31. The molecule has 1 saturated heterocycles. The maximum Gasteiger partial charge on any atom is 0.235 e. The Hall–Kier alpha value is -3.79. The first-order valence-electron chi connectivity index (χ1n) is 11.4. The number of aromatic nitrogens is 1. The minimum Gasteiger partial charge on any atom is -0.472 e. The highest BCUT2D eigenvalue weighted by molar-refractivity contribution is 8.00. The van der Waals surface area contributed by atoms with Crippen LogP contribution in [0.4, 0.5) is 11.5 Å². The van der Waals surface area contributed by atoms with Crippen molar-refractivity contribution in [2.45, 2.75) is 30.2 Å². The van der Waals surface area contributed by atoms with Crippen molar-refractivity contribution in [3.8, 4) is 6.07 Å². The number of nitriles is 1. The summed E-state index contributed by atoms with van der Waals surface area (Å²) in [7, 11) is 0. The lowest BCUT2D eigenvalue weighted by Crippen LogP contribution is -2.46. The van der Waals surface area contributed by atoms with Crippen molar-refractivity contribution in [3.63, 3.8) is 0 Å². The van der Waals surface area contributed by atoms with Gasteiger partial charge in [0.05, 0.1) is 24.7 Å². The molecule has 1 aliphatic rings. The van der Waals surface area contributed by atoms with Crippen molar-refractivity contribution in [3.05, 3.63) is 82.6 Å². The summed E-state index contributed by atoms with van der Waals surface area (Å²) in [5.41, 5.74) is 9.03. The third kappa shape index (κ3) is 5.32. The molecule has 0 bridgehead atoms. The molecule has 1 fully saturated rings. The number of furan rings is 1. The van der Waals surface area contributed by atoms with Crippen molar-refractivity contribution in [1.29, 1.82) is 5.26 Å². The number of piperazine rings is 1. The Balaban J connectivity index is 1.66. The van der Waals surface area contributed by atoms with E-state index in [1.54, 1.807) is 12.5 Å². The smallest absolute Gasteiger partial charge is 0.235 e. The predicted molar refractivity (Wildman–Crippen MR) is 135 cm³/mol. The fourth-order valence-corrected chi connectivity index (χ4v) is 5.32. The molecular formula is C26H26N6O2S. The number of primary amides is 1. The standard InChI is InChI=1S/C26H26N6O2S/c1-3-20-21(15-27)26(35-23(24(28)33)19-7-5-4-6-8-19)30-25(22(20)29-2)32-12-10-31(11-13-32)16-18-9-14-34-17-18/h4-9,14,17,23H,3,10-13,16H2,1H3,(H2,28,33). The number of pyridine rings is 1. The summed E-state index contributed by atoms with van der Waals surface area (Å²) in [6, 6.07) is 13.4. The second-order valence-electron chi connectivity index (χ2n) is 8.23. The molecule has 1 amide bonds. The molecule has 1 atom stereocenters. The first kappa shape index (κ1) is 24.3. The number of benzene rings is 1. The maximum atomic E-state index is 12.4. The van der Waals surface area contributed by atoms with Crippen LogP contribution in [0.3, 0.4) is 0 Å². The SMILES string of the molecule is [C-]#[N+]c1c(N2CCN(Cc3ccoc3)CC2)nc(SC(C(N)=O)c2ccccc2)c(C#N)c1CC. The van der Waals surface area contributed by atoms with Crippen LogP contribution < -0.4 is 10.6 Å². The Kier molecular flexibility index (Phi) is 7.71. The van der Waals surface area contributed by atoms with Gasteiger partial charge < -0.3 is 15.1 Å². The summed E-state index contributed by atoms with van der Waals surface area (Å²) < 4.78 is 5.18. The second-order valence-corrected chi connectivity index (χ2v) is 9.32. The van der Waals surface area contributed by atoms with Crippen molar-refractivity contribution in [2.24, 2.45) is 5.73 Å². The van der Waals surface area contributed by atoms with Gasteiger partial charge in [0, 0.05) is 38.3 Å². The summed E-state index contributed by atoms with van der Waals surface area (Å²) in [6.07, 6.45) is 3.94. The molecular weight excluding hydrogens is 460 g/mol. The van der Waals surface area contributed by atoms with Crippen LogP contribution in [0.1, 0.15) is 34.4 Å². The van der Waals surface area contributed by atoms with Gasteiger partial charge >= 0.3 is 0 Å². The summed E-state index contributed by atoms with van der Waals surface area (Å²) in [6.45, 7) is 13.6. The van der Waals surface area contributed by atoms with Gasteiger partial charge in [0.1, 0.15) is 22.2 Å². The lowest BCUT2D eigenvalue weighted by Gasteiger charge is -2.36. The minimum atomic E-state index is -0.695. The lowest BCUT2D eigenvalue weighted by molar-refractivity contribution is -0.117. The highest BCUT2D eigenvalue weighted by Gasteiger charge is 2.28. The number of hydrogen-bond donors (Lipinski definition) is 1. The van der Waals surface area contributed by atoms with Crippen LogP contribution in [-0.4, -0.2) is 42.0 Å². The van der Waals surface area contributed by atoms with E-state index in [1.807, 2.05) is 43.3 Å². The van der Waals surface area contributed by atoms with E-state index in [9.17, 15) is 10.1 Å². The Labute approximate surface area is 209 Å². The average molecular weight is 487 g/mol. The predicted octanol–water partition coefficient (Wildman–Crippen LogP) is 4.30. The van der Waals surface area contributed by atoms with E-state index in [-0.39, 0.29) is 0 Å². The summed E-state index contributed by atoms with van der Waals surface area (Å²) in [4.78, 5) is 25.4. The van der Waals surface area contributed by atoms with E-state index in [0.29, 0.717) is 47.2 Å². The number of carbonyl (C=O) groups is 1. The number of anilines is 1. The Bertz CT molecular complexity index is 1260. The zero-order chi connectivity index (χ0) is 24.8. The molecule has 3 heterocycles. The fourth-order valence-electron chi connectivity index (χ4n) is 4.26. The molecule has 35 heavy (non-hydrogen) atoms. The molecule has 1 unspecified atom stereocenters. The van der Waals surface area contributed by atoms with Gasteiger partial charge in [-0.3, -0.25) is 9.69 Å². The van der Waals surface area contributed by atoms with Gasteiger partial charge in [-0.25, -0.2) is 9.83 Å². The van der Waals surface area contributed by atoms with Crippen LogP contribution in [0.25, 0.3) is 4.85 Å². The first-order valence-corrected chi connectivity index (χ1v) is 12.3. The second kappa shape index (κ2) is 11.1. The Morgan fingerprint density at radius 3 is 2.60 bits per heavy atom. The van der Waals surface area contributed by atoms with Gasteiger partial charge in [-0.05, 0) is 23.6 Å². The molecule has 0 radical (unpaired) electrons. The topological polar surface area (TPSA) is 104 Å². The molecule has 8 nitrogen and oxygen atoms in total. The molecule has 0 saturated carbocycles. The zero-order valence-electron chi connectivity index (χ0n) is 19.5. The molecule has 0 aliphatic carbocycles. The number of nitrogens with two attached hydrogens (primary N) is 1. The molecule has 2 aromatic heterocycles. The molecule has 0 spiro atoms. The summed E-state index contributed by atoms with van der Waals surface area (Å²) >= 11 is 1.17. The Morgan fingerprint density at radius 1 is 1.29 bits per heavy atom. The number of rotatable bonds is 8. The van der Waals surface area contributed by atoms with Gasteiger partial charge in [-0.2, -0.15) is 5.26 Å². The number of carbonyl (C=O) groups excluding carboxylic acids is 1. The minimum absolute atomic E-state index is 0.341. The van der Waals surface area contributed by atoms with E-state index < -0.39 is 11.2 Å². The number of nitrogens with zero attached hydrogens (tertiary/aromatic N) is 5. The highest BCUT2D eigenvalue weighted by atomic mass is 32.2. The van der Waals surface area contributed by atoms with Crippen molar-refractivity contribution < 1.29 is 9.21 Å². The van der Waals surface area contributed by atoms with E-state index in [2.05, 4.69) is 20.7 Å². The maximum absolute atomic E-state index is 12.4. The molecule has 9 heteroatoms. The molecule has 4 rings (SSSR count). The van der Waals surface area contributed by atoms with Crippen LogP contribution in [0, 0.1) is 17.9 Å². The normalized spacial score (nSPS) is 14.8. The molecule has 3 aromatic rings. The van der Waals surface area contributed by atoms with Gasteiger partial charge in [0.15, 0.2) is 0 Å². The molecule has 2 N–H and O–H groups in total. The number of amides is 1. The van der Waals surface area contributed by atoms with E-state index >= 15 is 0 Å². The van der Waals surface area contributed by atoms with E-state index in [4.69, 9.17) is 21.7 Å². The monoisotopic (exact) mass is 486 g/mol. The zero-order valence-corrected chi connectivity index (χ0v) is 20.3. The van der Waals surface area contributed by atoms with Crippen LogP contribution >= 0.6 is 11.8 Å². The number of hydrogen-bond acceptors (Lipinski definition) is 7. The van der Waals surface area contributed by atoms with Crippen LogP contribution in [0.5, 0.6) is 0 Å². The van der Waals surface area contributed by atoms with Crippen LogP contribution in [0.15, 0.2) is 58.4 Å². The molecule has 1 aliphatic heterocycles. The number of thioether (sulfide) groups is 1. The molecule has 1 aromatic carbocycles. The highest BCUT2D eigenvalue weighted by Crippen LogP contribution is 2.42. The average Bonchev–Trinajstić information content (AvgIpc) is 3.40. The fraction of sp³-hybridized carbons (Fsp3) is 0.308. The lowest BCUT2D eigenvalue weighted by atomic mass is 10.1. The Morgan fingerprint density at radius 2 is 2.03 bits per heavy atom. The van der Waals surface area contributed by atoms with Crippen molar-refractivity contribution >= 4 is 29.2 Å². The van der Waals surface area contributed by atoms with Crippen molar-refractivity contribution in [2.75, 3.05) is 31.1 Å². The van der Waals surface area contributed by atoms with Gasteiger partial charge in [-0.1, -0.05) is 49.0 Å². The van der Waals surface area contributed by atoms with Gasteiger partial charge in [0.2, 0.25) is 11.6 Å². The van der Waals surface area contributed by atoms with E-state index in [1.165, 1.54) is 11.8 Å². The van der Waals surface area contributed by atoms with Crippen LogP contribution in [-0.2, 0) is 17.8 Å². The van der Waals surface area contributed by atoms with Gasteiger partial charge in [-0.15, -0.1) is 0 Å². The summed E-state index contributed by atoms with van der Waals surface area (Å²) in [5.74, 6) is 0.0613. The third-order valence-electron chi connectivity index (χ3n) is 6.05. The van der Waals surface area contributed by atoms with E-state index in [0.717, 1.165) is 30.8 Å². The van der Waals surface area contributed by atoms with Gasteiger partial charge in [0.25, 0.3) is 0 Å². The first-order chi connectivity index (χ1) is 17.0. The van der Waals surface area contributed by atoms with Crippen LogP contribution in [0.2, 0.25) is 0 Å².